The van der Waals surface area contributed by atoms with E-state index in [0.29, 0.717) is 37.8 Å². The van der Waals surface area contributed by atoms with Gasteiger partial charge in [-0.15, -0.1) is 0 Å². The van der Waals surface area contributed by atoms with Crippen molar-refractivity contribution in [3.05, 3.63) is 119 Å². The topological polar surface area (TPSA) is 129 Å². The van der Waals surface area contributed by atoms with Gasteiger partial charge in [0.25, 0.3) is 10.5 Å². The van der Waals surface area contributed by atoms with Crippen LogP contribution in [0, 0.1) is 4.91 Å². The van der Waals surface area contributed by atoms with Gasteiger partial charge in [-0.25, -0.2) is 15.0 Å². The average Bonchev–Trinajstić information content (AvgIpc) is 3.59. The third-order valence-corrected chi connectivity index (χ3v) is 7.95. The maximum absolute atomic E-state index is 13.8. The van der Waals surface area contributed by atoms with E-state index in [-0.39, 0.29) is 41.7 Å². The van der Waals surface area contributed by atoms with Crippen molar-refractivity contribution in [2.45, 2.75) is 26.5 Å². The van der Waals surface area contributed by atoms with E-state index < -0.39 is 12.0 Å². The number of thiazole rings is 1. The van der Waals surface area contributed by atoms with Gasteiger partial charge in [-0.05, 0) is 73.0 Å². The van der Waals surface area contributed by atoms with Crippen LogP contribution in [-0.4, -0.2) is 34.1 Å². The maximum atomic E-state index is 13.8. The second kappa shape index (κ2) is 11.6. The lowest BCUT2D eigenvalue weighted by Crippen LogP contribution is -2.39. The Kier molecular flexibility index (Phi) is 7.51. The molecule has 12 heteroatoms. The van der Waals surface area contributed by atoms with Crippen molar-refractivity contribution in [2.75, 3.05) is 13.4 Å². The molecule has 11 nitrogen and oxygen atoms in total. The van der Waals surface area contributed by atoms with Gasteiger partial charge < -0.3 is 18.9 Å². The molecule has 0 saturated carbocycles. The van der Waals surface area contributed by atoms with E-state index in [1.54, 1.807) is 56.3 Å². The normalized spacial score (nSPS) is 15.6. The largest absolute Gasteiger partial charge is 0.489 e. The van der Waals surface area contributed by atoms with Gasteiger partial charge in [-0.3, -0.25) is 9.36 Å². The Morgan fingerprint density at radius 3 is 2.58 bits per heavy atom. The van der Waals surface area contributed by atoms with E-state index in [0.717, 1.165) is 11.1 Å². The zero-order chi connectivity index (χ0) is 30.1. The van der Waals surface area contributed by atoms with Crippen LogP contribution in [0.5, 0.6) is 17.2 Å². The molecule has 1 N–H and O–H groups in total. The minimum absolute atomic E-state index is 0.101. The summed E-state index contributed by atoms with van der Waals surface area (Å²) in [6, 6.07) is 18.2. The van der Waals surface area contributed by atoms with E-state index >= 15 is 0 Å². The summed E-state index contributed by atoms with van der Waals surface area (Å²) in [5, 5.41) is 8.97. The van der Waals surface area contributed by atoms with Crippen molar-refractivity contribution < 1.29 is 33.9 Å². The molecule has 0 saturated heterocycles. The van der Waals surface area contributed by atoms with E-state index in [1.807, 2.05) is 18.2 Å². The zero-order valence-electron chi connectivity index (χ0n) is 23.2. The fraction of sp³-hybridized carbons (Fsp3) is 0.194. The summed E-state index contributed by atoms with van der Waals surface area (Å²) in [5.74, 6) is 1.22. The summed E-state index contributed by atoms with van der Waals surface area (Å²) >= 11 is 1.24. The van der Waals surface area contributed by atoms with Crippen LogP contribution in [0.15, 0.2) is 87.8 Å². The molecule has 0 fully saturated rings. The molecule has 3 aromatic carbocycles. The summed E-state index contributed by atoms with van der Waals surface area (Å²) in [4.78, 5) is 42.8. The molecule has 2 aliphatic heterocycles. The molecule has 1 unspecified atom stereocenters. The molecule has 0 bridgehead atoms. The Hall–Kier alpha value is -5.23. The van der Waals surface area contributed by atoms with Crippen LogP contribution in [0.2, 0.25) is 0 Å². The zero-order valence-corrected chi connectivity index (χ0v) is 24.0. The van der Waals surface area contributed by atoms with Gasteiger partial charge in [-0.1, -0.05) is 29.5 Å². The summed E-state index contributed by atoms with van der Waals surface area (Å²) < 4.78 is 24.2. The number of rotatable bonds is 8. The Morgan fingerprint density at radius 2 is 1.86 bits per heavy atom. The molecule has 4 aromatic rings. The van der Waals surface area contributed by atoms with Gasteiger partial charge >= 0.3 is 11.7 Å². The summed E-state index contributed by atoms with van der Waals surface area (Å²) in [6.45, 7) is 4.02. The Morgan fingerprint density at radius 1 is 1.12 bits per heavy atom. The minimum atomic E-state index is -0.758. The molecule has 218 valence electrons. The highest BCUT2D eigenvalue weighted by molar-refractivity contribution is 7.07. The molecule has 1 atom stereocenters. The van der Waals surface area contributed by atoms with E-state index in [2.05, 4.69) is 4.99 Å². The third-order valence-electron chi connectivity index (χ3n) is 6.97. The molecule has 0 aliphatic carbocycles. The SMILES string of the molecule is CCOC(=O)C1=C(C)N=c2s/c(=C\c3ccc(OCc4ccc([N+](=O)O)cc4)cc3)c(=O)n2C1c1ccc2c(c1)OCO2. The van der Waals surface area contributed by atoms with Gasteiger partial charge in [0, 0.05) is 12.1 Å². The summed E-state index contributed by atoms with van der Waals surface area (Å²) in [5.41, 5.74) is 2.89. The van der Waals surface area contributed by atoms with Crippen LogP contribution in [0.25, 0.3) is 6.08 Å². The Labute approximate surface area is 248 Å². The summed E-state index contributed by atoms with van der Waals surface area (Å²) in [7, 11) is 0. The van der Waals surface area contributed by atoms with E-state index in [1.165, 1.54) is 28.0 Å². The number of hydrogen-bond donors (Lipinski definition) is 1. The van der Waals surface area contributed by atoms with Crippen molar-refractivity contribution in [3.8, 4) is 17.2 Å². The van der Waals surface area contributed by atoms with Crippen molar-refractivity contribution >= 4 is 29.1 Å². The highest BCUT2D eigenvalue weighted by atomic mass is 32.1. The van der Waals surface area contributed by atoms with Crippen LogP contribution in [0.1, 0.15) is 36.6 Å². The van der Waals surface area contributed by atoms with Gasteiger partial charge in [0.05, 0.1) is 33.4 Å². The number of benzene rings is 3. The minimum Gasteiger partial charge on any atom is -0.489 e. The first-order valence-corrected chi connectivity index (χ1v) is 14.2. The van der Waals surface area contributed by atoms with Gasteiger partial charge in [0.1, 0.15) is 12.4 Å². The number of carbonyl (C=O) groups excluding carboxylic acids is 1. The predicted molar refractivity (Wildman–Crippen MR) is 155 cm³/mol. The van der Waals surface area contributed by atoms with Crippen molar-refractivity contribution in [3.63, 3.8) is 0 Å². The van der Waals surface area contributed by atoms with Crippen molar-refractivity contribution in [2.24, 2.45) is 4.99 Å². The lowest BCUT2D eigenvalue weighted by atomic mass is 9.95. The fourth-order valence-electron chi connectivity index (χ4n) is 4.89. The van der Waals surface area contributed by atoms with Crippen LogP contribution in [0.4, 0.5) is 5.69 Å². The number of carbonyl (C=O) groups is 1. The van der Waals surface area contributed by atoms with Gasteiger partial charge in [0.2, 0.25) is 6.79 Å². The van der Waals surface area contributed by atoms with E-state index in [9.17, 15) is 14.5 Å². The number of hydrogen-bond acceptors (Lipinski definition) is 9. The molecule has 43 heavy (non-hydrogen) atoms. The first kappa shape index (κ1) is 27.9. The highest BCUT2D eigenvalue weighted by Crippen LogP contribution is 2.38. The van der Waals surface area contributed by atoms with Crippen molar-refractivity contribution in [1.82, 2.24) is 4.57 Å². The number of esters is 1. The molecule has 1 aromatic heterocycles. The van der Waals surface area contributed by atoms with Crippen LogP contribution in [-0.2, 0) is 16.1 Å². The molecular weight excluding hydrogens is 574 g/mol. The number of nitrogens with zero attached hydrogens (tertiary/aromatic N) is 3. The molecule has 0 radical (unpaired) electrons. The molecule has 0 amide bonds. The standard InChI is InChI=1S/C31H26N3O8S/c1-3-39-30(36)27-18(2)32-31-33(28(27)21-8-13-24-25(15-21)42-17-41-24)29(35)26(43-31)14-19-6-11-23(12-7-19)40-16-20-4-9-22(10-5-20)34(37)38/h4-15,28H,3,16-17H2,1-2H3,(H,37,38)/q+1/b26-14-. The van der Waals surface area contributed by atoms with E-state index in [4.69, 9.17) is 24.2 Å². The van der Waals surface area contributed by atoms with Crippen LogP contribution in [0.3, 0.4) is 0 Å². The lowest BCUT2D eigenvalue weighted by Gasteiger charge is -2.24. The summed E-state index contributed by atoms with van der Waals surface area (Å²) in [6.07, 6.45) is 1.77. The second-order valence-corrected chi connectivity index (χ2v) is 10.7. The smallest absolute Gasteiger partial charge is 0.338 e. The van der Waals surface area contributed by atoms with Gasteiger partial charge in [0.15, 0.2) is 16.3 Å². The molecule has 2 aliphatic rings. The molecule has 3 heterocycles. The Balaban J connectivity index is 1.31. The van der Waals surface area contributed by atoms with Crippen LogP contribution < -0.4 is 29.1 Å². The third kappa shape index (κ3) is 5.52. The number of fused-ring (bicyclic) bond motifs is 2. The first-order valence-electron chi connectivity index (χ1n) is 13.4. The molecule has 6 rings (SSSR count). The lowest BCUT2D eigenvalue weighted by molar-refractivity contribution is -0.729. The number of ether oxygens (including phenoxy) is 4. The monoisotopic (exact) mass is 600 g/mol. The highest BCUT2D eigenvalue weighted by Gasteiger charge is 2.34. The maximum Gasteiger partial charge on any atom is 0.338 e. The molecular formula is C31H26N3O8S+. The van der Waals surface area contributed by atoms with Crippen molar-refractivity contribution in [1.29, 1.82) is 0 Å². The Bertz CT molecular complexity index is 1940. The van der Waals surface area contributed by atoms with Crippen LogP contribution >= 0.6 is 11.3 Å². The quantitative estimate of drug-likeness (QED) is 0.238. The fourth-order valence-corrected chi connectivity index (χ4v) is 5.93. The number of allylic oxidation sites excluding steroid dienone is 1. The van der Waals surface area contributed by atoms with Gasteiger partial charge in [-0.2, -0.15) is 0 Å². The first-order chi connectivity index (χ1) is 20.8. The molecule has 0 spiro atoms. The second-order valence-electron chi connectivity index (χ2n) is 9.71. The number of aromatic nitrogens is 1. The predicted octanol–water partition coefficient (Wildman–Crippen LogP) is 3.91. The average molecular weight is 601 g/mol.